The number of amides is 1. The number of nitrogens with one attached hydrogen (secondary N) is 1. The van der Waals surface area contributed by atoms with Gasteiger partial charge in [0, 0.05) is 6.54 Å². The van der Waals surface area contributed by atoms with Crippen molar-refractivity contribution in [3.05, 3.63) is 71.0 Å². The topological polar surface area (TPSA) is 58.4 Å². The number of nitrogens with two attached hydrogens (primary N) is 1. The number of rotatable bonds is 6. The maximum Gasteiger partial charge on any atom is 0.241 e. The van der Waals surface area contributed by atoms with E-state index in [1.54, 1.807) is 12.1 Å². The third-order valence-electron chi connectivity index (χ3n) is 4.07. The number of aryl methyl sites for hydroxylation is 1. The molecule has 0 aliphatic heterocycles. The normalized spacial score (nSPS) is 12.5. The number of benzene rings is 2. The highest BCUT2D eigenvalue weighted by molar-refractivity contribution is 5.85. The lowest BCUT2D eigenvalue weighted by molar-refractivity contribution is -0.122. The van der Waals surface area contributed by atoms with Crippen molar-refractivity contribution in [2.24, 2.45) is 5.73 Å². The van der Waals surface area contributed by atoms with Crippen LogP contribution in [0.1, 0.15) is 28.8 Å². The molecule has 2 aromatic rings. The van der Waals surface area contributed by atoms with Crippen LogP contribution in [0.4, 0.5) is 4.39 Å². The third-order valence-corrected chi connectivity index (χ3v) is 4.07. The second kappa shape index (κ2) is 11.1. The second-order valence-corrected chi connectivity index (χ2v) is 6.16. The highest BCUT2D eigenvalue weighted by Gasteiger charge is 2.19. The monoisotopic (exact) mass is 401 g/mol. The van der Waals surface area contributed by atoms with Gasteiger partial charge >= 0.3 is 0 Å². The molecule has 2 atom stereocenters. The summed E-state index contributed by atoms with van der Waals surface area (Å²) in [7, 11) is 3.83. The Kier molecular flexibility index (Phi) is 10.4. The predicted octanol–water partition coefficient (Wildman–Crippen LogP) is 3.40. The largest absolute Gasteiger partial charge is 0.353 e. The molecule has 0 radical (unpaired) electrons. The van der Waals surface area contributed by atoms with Crippen LogP contribution in [0.25, 0.3) is 0 Å². The summed E-state index contributed by atoms with van der Waals surface area (Å²) < 4.78 is 13.1. The fourth-order valence-electron chi connectivity index (χ4n) is 2.52. The highest BCUT2D eigenvalue weighted by atomic mass is 35.5. The number of likely N-dealkylation sites (N-methyl/N-ethyl adjacent to an activating group) is 1. The molecule has 0 aliphatic rings. The summed E-state index contributed by atoms with van der Waals surface area (Å²) in [6.45, 7) is 2.39. The molecular formula is C19H26Cl2FN3O. The smallest absolute Gasteiger partial charge is 0.241 e. The molecule has 0 fully saturated rings. The molecule has 0 saturated carbocycles. The Bertz CT molecular complexity index is 678. The van der Waals surface area contributed by atoms with Crippen molar-refractivity contribution in [3.8, 4) is 0 Å². The number of carbonyl (C=O) groups is 1. The van der Waals surface area contributed by atoms with Crippen LogP contribution in [0.2, 0.25) is 0 Å². The SMILES string of the molecule is Cc1ccc(C(N)C(=O)NCC(c2ccc(F)cc2)N(C)C)cc1.Cl.Cl. The molecule has 0 saturated heterocycles. The number of carbonyl (C=O) groups excluding carboxylic acids is 1. The molecule has 0 aromatic heterocycles. The lowest BCUT2D eigenvalue weighted by Gasteiger charge is -2.26. The Labute approximate surface area is 166 Å². The van der Waals surface area contributed by atoms with Gasteiger partial charge in [-0.2, -0.15) is 0 Å². The van der Waals surface area contributed by atoms with Crippen LogP contribution < -0.4 is 11.1 Å². The summed E-state index contributed by atoms with van der Waals surface area (Å²) in [6.07, 6.45) is 0. The van der Waals surface area contributed by atoms with E-state index in [-0.39, 0.29) is 42.6 Å². The molecule has 0 aliphatic carbocycles. The molecule has 0 spiro atoms. The Morgan fingerprint density at radius 2 is 1.54 bits per heavy atom. The van der Waals surface area contributed by atoms with Gasteiger partial charge in [-0.15, -0.1) is 24.8 Å². The van der Waals surface area contributed by atoms with Crippen molar-refractivity contribution >= 4 is 30.7 Å². The standard InChI is InChI=1S/C19H24FN3O.2ClH/c1-13-4-6-15(7-5-13)18(21)19(24)22-12-17(23(2)3)14-8-10-16(20)11-9-14;;/h4-11,17-18H,12,21H2,1-3H3,(H,22,24);2*1H. The maximum absolute atomic E-state index is 13.1. The lowest BCUT2D eigenvalue weighted by Crippen LogP contribution is -2.39. The van der Waals surface area contributed by atoms with Gasteiger partial charge in [-0.1, -0.05) is 42.0 Å². The number of halogens is 3. The summed E-state index contributed by atoms with van der Waals surface area (Å²) in [5, 5.41) is 2.89. The number of hydrogen-bond donors (Lipinski definition) is 2. The Balaban J connectivity index is 0.00000312. The zero-order valence-electron chi connectivity index (χ0n) is 15.1. The molecule has 26 heavy (non-hydrogen) atoms. The van der Waals surface area contributed by atoms with E-state index in [1.165, 1.54) is 12.1 Å². The van der Waals surface area contributed by atoms with Gasteiger partial charge in [0.25, 0.3) is 0 Å². The fourth-order valence-corrected chi connectivity index (χ4v) is 2.52. The first-order chi connectivity index (χ1) is 11.4. The molecule has 2 unspecified atom stereocenters. The number of hydrogen-bond acceptors (Lipinski definition) is 3. The van der Waals surface area contributed by atoms with E-state index in [9.17, 15) is 9.18 Å². The maximum atomic E-state index is 13.1. The third kappa shape index (κ3) is 6.57. The van der Waals surface area contributed by atoms with Crippen molar-refractivity contribution < 1.29 is 9.18 Å². The van der Waals surface area contributed by atoms with Crippen molar-refractivity contribution in [2.45, 2.75) is 19.0 Å². The van der Waals surface area contributed by atoms with E-state index < -0.39 is 6.04 Å². The van der Waals surface area contributed by atoms with E-state index in [4.69, 9.17) is 5.73 Å². The quantitative estimate of drug-likeness (QED) is 0.779. The van der Waals surface area contributed by atoms with Gasteiger partial charge in [0.05, 0.1) is 6.04 Å². The van der Waals surface area contributed by atoms with Crippen molar-refractivity contribution in [3.63, 3.8) is 0 Å². The van der Waals surface area contributed by atoms with E-state index >= 15 is 0 Å². The van der Waals surface area contributed by atoms with Crippen LogP contribution in [0.3, 0.4) is 0 Å². The Morgan fingerprint density at radius 3 is 2.04 bits per heavy atom. The number of nitrogens with zero attached hydrogens (tertiary/aromatic N) is 1. The molecule has 1 amide bonds. The van der Waals surface area contributed by atoms with Gasteiger partial charge in [-0.25, -0.2) is 4.39 Å². The second-order valence-electron chi connectivity index (χ2n) is 6.16. The first-order valence-electron chi connectivity index (χ1n) is 7.90. The summed E-state index contributed by atoms with van der Waals surface area (Å²) in [4.78, 5) is 14.3. The molecule has 2 aromatic carbocycles. The molecular weight excluding hydrogens is 376 g/mol. The average molecular weight is 402 g/mol. The van der Waals surface area contributed by atoms with Crippen LogP contribution >= 0.6 is 24.8 Å². The van der Waals surface area contributed by atoms with Crippen molar-refractivity contribution in [1.82, 2.24) is 10.2 Å². The molecule has 0 heterocycles. The van der Waals surface area contributed by atoms with E-state index in [0.29, 0.717) is 6.54 Å². The summed E-state index contributed by atoms with van der Waals surface area (Å²) >= 11 is 0. The zero-order chi connectivity index (χ0) is 17.7. The van der Waals surface area contributed by atoms with Gasteiger partial charge in [0.15, 0.2) is 0 Å². The fraction of sp³-hybridized carbons (Fsp3) is 0.316. The first kappa shape index (κ1) is 24.3. The van der Waals surface area contributed by atoms with Gasteiger partial charge < -0.3 is 16.0 Å². The molecule has 3 N–H and O–H groups in total. The summed E-state index contributed by atoms with van der Waals surface area (Å²) in [6, 6.07) is 13.1. The minimum atomic E-state index is -0.707. The van der Waals surface area contributed by atoms with Gasteiger partial charge in [-0.3, -0.25) is 4.79 Å². The summed E-state index contributed by atoms with van der Waals surface area (Å²) in [5.74, 6) is -0.505. The predicted molar refractivity (Wildman–Crippen MR) is 108 cm³/mol. The van der Waals surface area contributed by atoms with Crippen LogP contribution in [0.15, 0.2) is 48.5 Å². The molecule has 4 nitrogen and oxygen atoms in total. The Morgan fingerprint density at radius 1 is 1.04 bits per heavy atom. The van der Waals surface area contributed by atoms with Crippen LogP contribution in [-0.4, -0.2) is 31.4 Å². The lowest BCUT2D eigenvalue weighted by atomic mass is 10.0. The van der Waals surface area contributed by atoms with Crippen LogP contribution in [0, 0.1) is 12.7 Å². The first-order valence-corrected chi connectivity index (χ1v) is 7.90. The molecule has 0 bridgehead atoms. The van der Waals surface area contributed by atoms with E-state index in [0.717, 1.165) is 16.7 Å². The summed E-state index contributed by atoms with van der Waals surface area (Å²) in [5.41, 5.74) is 8.87. The minimum Gasteiger partial charge on any atom is -0.353 e. The molecule has 144 valence electrons. The Hall–Kier alpha value is -1.66. The average Bonchev–Trinajstić information content (AvgIpc) is 2.56. The minimum absolute atomic E-state index is 0. The van der Waals surface area contributed by atoms with Gasteiger partial charge in [0.1, 0.15) is 11.9 Å². The van der Waals surface area contributed by atoms with Crippen molar-refractivity contribution in [2.75, 3.05) is 20.6 Å². The van der Waals surface area contributed by atoms with Crippen molar-refractivity contribution in [1.29, 1.82) is 0 Å². The van der Waals surface area contributed by atoms with E-state index in [1.807, 2.05) is 50.2 Å². The van der Waals surface area contributed by atoms with Gasteiger partial charge in [0.2, 0.25) is 5.91 Å². The van der Waals surface area contributed by atoms with Crippen LogP contribution in [-0.2, 0) is 4.79 Å². The molecule has 7 heteroatoms. The zero-order valence-corrected chi connectivity index (χ0v) is 16.7. The van der Waals surface area contributed by atoms with E-state index in [2.05, 4.69) is 5.32 Å². The highest BCUT2D eigenvalue weighted by Crippen LogP contribution is 2.18. The molecule has 2 rings (SSSR count). The van der Waals surface area contributed by atoms with Crippen LogP contribution in [0.5, 0.6) is 0 Å². The van der Waals surface area contributed by atoms with Gasteiger partial charge in [-0.05, 0) is 44.3 Å².